The highest BCUT2D eigenvalue weighted by molar-refractivity contribution is 5.94. The number of hydrogen-bond acceptors (Lipinski definition) is 4. The van der Waals surface area contributed by atoms with E-state index in [0.29, 0.717) is 0 Å². The highest BCUT2D eigenvalue weighted by Gasteiger charge is 2.58. The van der Waals surface area contributed by atoms with Crippen LogP contribution in [-0.2, 0) is 28.9 Å². The van der Waals surface area contributed by atoms with Gasteiger partial charge in [0, 0.05) is 30.8 Å². The van der Waals surface area contributed by atoms with Crippen LogP contribution in [0.15, 0.2) is 30.3 Å². The number of aromatic nitrogens is 2. The second-order valence-corrected chi connectivity index (χ2v) is 7.63. The lowest BCUT2D eigenvalue weighted by Gasteiger charge is -2.29. The molecule has 0 saturated carbocycles. The van der Waals surface area contributed by atoms with Crippen molar-refractivity contribution in [2.75, 3.05) is 5.32 Å². The van der Waals surface area contributed by atoms with Crippen molar-refractivity contribution in [2.45, 2.75) is 43.0 Å². The van der Waals surface area contributed by atoms with Crippen LogP contribution in [0.5, 0.6) is 0 Å². The molecular formula is C19H17F6N3O3. The maximum absolute atomic E-state index is 13.1. The van der Waals surface area contributed by atoms with Crippen LogP contribution in [0.25, 0.3) is 0 Å². The number of benzene rings is 1. The molecule has 1 aromatic carbocycles. The number of aliphatic hydroxyl groups is 1. The summed E-state index contributed by atoms with van der Waals surface area (Å²) in [6, 6.07) is 4.62. The number of carbonyl (C=O) groups excluding carboxylic acids is 1. The van der Waals surface area contributed by atoms with Crippen LogP contribution in [0.4, 0.5) is 32.0 Å². The first-order valence-corrected chi connectivity index (χ1v) is 9.29. The lowest BCUT2D eigenvalue weighted by molar-refractivity contribution is -0.141. The van der Waals surface area contributed by atoms with E-state index in [1.54, 1.807) is 0 Å². The number of anilines is 1. The normalized spacial score (nSPS) is 28.2. The van der Waals surface area contributed by atoms with Gasteiger partial charge in [0.15, 0.2) is 5.69 Å². The largest absolute Gasteiger partial charge is 0.435 e. The first-order chi connectivity index (χ1) is 14.4. The second kappa shape index (κ2) is 7.23. The molecular weight excluding hydrogens is 432 g/mol. The molecule has 2 aliphatic rings. The Morgan fingerprint density at radius 1 is 1.16 bits per heavy atom. The van der Waals surface area contributed by atoms with Crippen molar-refractivity contribution in [1.29, 1.82) is 0 Å². The number of nitrogens with zero attached hydrogens (tertiary/aromatic N) is 2. The maximum Gasteiger partial charge on any atom is 0.435 e. The molecule has 3 heterocycles. The van der Waals surface area contributed by atoms with E-state index >= 15 is 0 Å². The summed E-state index contributed by atoms with van der Waals surface area (Å²) in [5.41, 5.74) is -1.85. The SMILES string of the molecule is Cn1nc(C(F)(F)F)cc1C1C2OC(CC2O)C1C(=O)Nc1ccc(C(F)(F)F)cc1. The van der Waals surface area contributed by atoms with Gasteiger partial charge in [-0.1, -0.05) is 0 Å². The van der Waals surface area contributed by atoms with Crippen molar-refractivity contribution < 1.29 is 41.0 Å². The Morgan fingerprint density at radius 3 is 2.35 bits per heavy atom. The zero-order valence-electron chi connectivity index (χ0n) is 15.9. The Hall–Kier alpha value is -2.60. The van der Waals surface area contributed by atoms with Gasteiger partial charge in [-0.2, -0.15) is 31.4 Å². The van der Waals surface area contributed by atoms with Crippen molar-refractivity contribution in [2.24, 2.45) is 13.0 Å². The van der Waals surface area contributed by atoms with Crippen LogP contribution >= 0.6 is 0 Å². The number of nitrogens with one attached hydrogen (secondary N) is 1. The van der Waals surface area contributed by atoms with Crippen LogP contribution in [-0.4, -0.2) is 39.1 Å². The molecule has 2 saturated heterocycles. The highest BCUT2D eigenvalue weighted by atomic mass is 19.4. The first kappa shape index (κ1) is 21.6. The van der Waals surface area contributed by atoms with Crippen molar-refractivity contribution >= 4 is 11.6 Å². The average Bonchev–Trinajstić information content (AvgIpc) is 3.32. The number of aliphatic hydroxyl groups excluding tert-OH is 1. The third kappa shape index (κ3) is 3.89. The molecule has 2 bridgehead atoms. The van der Waals surface area contributed by atoms with Crippen molar-refractivity contribution in [3.8, 4) is 0 Å². The summed E-state index contributed by atoms with van der Waals surface area (Å²) in [6.45, 7) is 0. The minimum atomic E-state index is -4.69. The number of aryl methyl sites for hydroxylation is 1. The van der Waals surface area contributed by atoms with Crippen LogP contribution < -0.4 is 5.32 Å². The van der Waals surface area contributed by atoms with Crippen LogP contribution in [0, 0.1) is 5.92 Å². The molecule has 0 aliphatic carbocycles. The molecule has 2 fully saturated rings. The van der Waals surface area contributed by atoms with Crippen LogP contribution in [0.2, 0.25) is 0 Å². The summed E-state index contributed by atoms with van der Waals surface area (Å²) in [5, 5.41) is 16.2. The second-order valence-electron chi connectivity index (χ2n) is 7.63. The summed E-state index contributed by atoms with van der Waals surface area (Å²) in [7, 11) is 1.30. The fourth-order valence-corrected chi connectivity index (χ4v) is 4.30. The van der Waals surface area contributed by atoms with E-state index in [1.807, 2.05) is 0 Å². The third-order valence-electron chi connectivity index (χ3n) is 5.66. The van der Waals surface area contributed by atoms with E-state index < -0.39 is 59.7 Å². The van der Waals surface area contributed by atoms with Gasteiger partial charge < -0.3 is 15.2 Å². The predicted molar refractivity (Wildman–Crippen MR) is 93.8 cm³/mol. The lowest BCUT2D eigenvalue weighted by Crippen LogP contribution is -2.41. The maximum atomic E-state index is 13.1. The fraction of sp³-hybridized carbons (Fsp3) is 0.474. The van der Waals surface area contributed by atoms with E-state index in [0.717, 1.165) is 35.0 Å². The Bertz CT molecular complexity index is 985. The van der Waals surface area contributed by atoms with Gasteiger partial charge in [0.25, 0.3) is 0 Å². The molecule has 12 heteroatoms. The first-order valence-electron chi connectivity index (χ1n) is 9.29. The standard InChI is InChI=1S/C19H17F6N3O3/c1-28-10(6-13(27-28)19(23,24)25)14-15(12-7-11(29)16(14)31-12)17(30)26-9-4-2-8(3-5-9)18(20,21)22/h2-6,11-12,14-16,29H,7H2,1H3,(H,26,30). The quantitative estimate of drug-likeness (QED) is 0.705. The van der Waals surface area contributed by atoms with Crippen molar-refractivity contribution in [3.63, 3.8) is 0 Å². The minimum absolute atomic E-state index is 0.0751. The summed E-state index contributed by atoms with van der Waals surface area (Å²) in [4.78, 5) is 12.9. The number of amides is 1. The van der Waals surface area contributed by atoms with Gasteiger partial charge in [0.2, 0.25) is 5.91 Å². The molecule has 6 nitrogen and oxygen atoms in total. The third-order valence-corrected chi connectivity index (χ3v) is 5.66. The topological polar surface area (TPSA) is 76.4 Å². The Morgan fingerprint density at radius 2 is 1.81 bits per heavy atom. The molecule has 2 aromatic rings. The number of alkyl halides is 6. The number of fused-ring (bicyclic) bond motifs is 2. The molecule has 1 aromatic heterocycles. The molecule has 5 unspecified atom stereocenters. The molecule has 168 valence electrons. The average molecular weight is 449 g/mol. The number of hydrogen-bond donors (Lipinski definition) is 2. The molecule has 31 heavy (non-hydrogen) atoms. The van der Waals surface area contributed by atoms with E-state index in [1.165, 1.54) is 7.05 Å². The molecule has 1 amide bonds. The van der Waals surface area contributed by atoms with Gasteiger partial charge in [0.05, 0.1) is 29.8 Å². The summed E-state index contributed by atoms with van der Waals surface area (Å²) in [5.74, 6) is -2.48. The Kier molecular flexibility index (Phi) is 5.04. The van der Waals surface area contributed by atoms with Gasteiger partial charge in [-0.15, -0.1) is 0 Å². The van der Waals surface area contributed by atoms with E-state index in [2.05, 4.69) is 10.4 Å². The highest BCUT2D eigenvalue weighted by Crippen LogP contribution is 2.50. The molecule has 0 spiro atoms. The molecule has 5 atom stereocenters. The van der Waals surface area contributed by atoms with E-state index in [-0.39, 0.29) is 17.8 Å². The summed E-state index contributed by atoms with van der Waals surface area (Å²) < 4.78 is 84.0. The van der Waals surface area contributed by atoms with Gasteiger partial charge in [-0.3, -0.25) is 9.48 Å². The Labute approximate surface area is 171 Å². The minimum Gasteiger partial charge on any atom is -0.390 e. The van der Waals surface area contributed by atoms with Crippen LogP contribution in [0.1, 0.15) is 29.3 Å². The predicted octanol–water partition coefficient (Wildman–Crippen LogP) is 3.33. The van der Waals surface area contributed by atoms with Gasteiger partial charge in [-0.05, 0) is 30.3 Å². The monoisotopic (exact) mass is 449 g/mol. The van der Waals surface area contributed by atoms with Gasteiger partial charge in [-0.25, -0.2) is 0 Å². The number of rotatable bonds is 3. The van der Waals surface area contributed by atoms with Crippen molar-refractivity contribution in [3.05, 3.63) is 47.3 Å². The van der Waals surface area contributed by atoms with Crippen LogP contribution in [0.3, 0.4) is 0 Å². The smallest absolute Gasteiger partial charge is 0.390 e. The number of halogens is 6. The van der Waals surface area contributed by atoms with E-state index in [4.69, 9.17) is 4.74 Å². The molecule has 2 N–H and O–H groups in total. The lowest BCUT2D eigenvalue weighted by atomic mass is 9.75. The number of carbonyl (C=O) groups is 1. The molecule has 0 radical (unpaired) electrons. The summed E-state index contributed by atoms with van der Waals surface area (Å²) >= 11 is 0. The van der Waals surface area contributed by atoms with Gasteiger partial charge >= 0.3 is 12.4 Å². The van der Waals surface area contributed by atoms with Gasteiger partial charge in [0.1, 0.15) is 0 Å². The zero-order chi connectivity index (χ0) is 22.7. The Balaban J connectivity index is 1.61. The van der Waals surface area contributed by atoms with E-state index in [9.17, 15) is 36.2 Å². The fourth-order valence-electron chi connectivity index (χ4n) is 4.30. The number of ether oxygens (including phenoxy) is 1. The van der Waals surface area contributed by atoms with Crippen molar-refractivity contribution in [1.82, 2.24) is 9.78 Å². The zero-order valence-corrected chi connectivity index (χ0v) is 15.9. The molecule has 4 rings (SSSR count). The molecule has 2 aliphatic heterocycles. The summed E-state index contributed by atoms with van der Waals surface area (Å²) in [6.07, 6.45) is -11.7.